The average Bonchev–Trinajstić information content (AvgIpc) is 2.18. The molecule has 0 heterocycles. The van der Waals surface area contributed by atoms with Gasteiger partial charge in [0.2, 0.25) is 0 Å². The first-order valence-corrected chi connectivity index (χ1v) is 4.77. The van der Waals surface area contributed by atoms with Gasteiger partial charge in [-0.25, -0.2) is 0 Å². The Labute approximate surface area is 85.6 Å². The summed E-state index contributed by atoms with van der Waals surface area (Å²) in [5.41, 5.74) is 3.10. The minimum atomic E-state index is 0.877. The van der Waals surface area contributed by atoms with E-state index in [-0.39, 0.29) is 0 Å². The number of para-hydroxylation sites is 1. The van der Waals surface area contributed by atoms with Crippen molar-refractivity contribution < 1.29 is 4.74 Å². The summed E-state index contributed by atoms with van der Waals surface area (Å²) in [6.45, 7) is 8.85. The zero-order valence-corrected chi connectivity index (χ0v) is 9.05. The Balaban J connectivity index is 3.17. The molecule has 0 unspecified atom stereocenters. The molecule has 0 spiro atoms. The lowest BCUT2D eigenvalue weighted by molar-refractivity contribution is 0.415. The Morgan fingerprint density at radius 1 is 1.50 bits per heavy atom. The van der Waals surface area contributed by atoms with Crippen molar-refractivity contribution in [1.82, 2.24) is 0 Å². The van der Waals surface area contributed by atoms with Crippen LogP contribution in [-0.2, 0) is 0 Å². The fourth-order valence-electron chi connectivity index (χ4n) is 1.42. The van der Waals surface area contributed by atoms with Crippen LogP contribution in [-0.4, -0.2) is 13.7 Å². The van der Waals surface area contributed by atoms with Gasteiger partial charge in [-0.2, -0.15) is 0 Å². The molecule has 0 atom stereocenters. The number of hydrogen-bond donors (Lipinski definition) is 1. The molecule has 2 nitrogen and oxygen atoms in total. The van der Waals surface area contributed by atoms with Crippen molar-refractivity contribution in [3.05, 3.63) is 30.3 Å². The van der Waals surface area contributed by atoms with Gasteiger partial charge in [-0.1, -0.05) is 18.7 Å². The predicted octanol–water partition coefficient (Wildman–Crippen LogP) is 3.16. The van der Waals surface area contributed by atoms with Crippen molar-refractivity contribution in [2.24, 2.45) is 0 Å². The van der Waals surface area contributed by atoms with E-state index in [0.29, 0.717) is 0 Å². The van der Waals surface area contributed by atoms with Crippen LogP contribution in [0.25, 0.3) is 5.57 Å². The van der Waals surface area contributed by atoms with Crippen LogP contribution < -0.4 is 10.1 Å². The fraction of sp³-hybridized carbons (Fsp3) is 0.333. The van der Waals surface area contributed by atoms with Crippen LogP contribution in [0, 0.1) is 0 Å². The standard InChI is InChI=1S/C12H17NO/c1-5-13-11-8-6-7-10(9(2)3)12(11)14-4/h6-8,13H,2,5H2,1,3-4H3. The second-order valence-electron chi connectivity index (χ2n) is 3.20. The maximum absolute atomic E-state index is 5.37. The SMILES string of the molecule is C=C(C)c1cccc(NCC)c1OC. The Morgan fingerprint density at radius 3 is 2.71 bits per heavy atom. The molecule has 0 bridgehead atoms. The molecule has 0 saturated heterocycles. The molecule has 0 aliphatic rings. The van der Waals surface area contributed by atoms with E-state index in [0.717, 1.165) is 29.1 Å². The second-order valence-corrected chi connectivity index (χ2v) is 3.20. The van der Waals surface area contributed by atoms with Gasteiger partial charge < -0.3 is 10.1 Å². The van der Waals surface area contributed by atoms with Crippen LogP contribution in [0.1, 0.15) is 19.4 Å². The van der Waals surface area contributed by atoms with E-state index in [1.807, 2.05) is 25.1 Å². The first-order valence-electron chi connectivity index (χ1n) is 4.77. The minimum absolute atomic E-state index is 0.877. The van der Waals surface area contributed by atoms with Crippen LogP contribution >= 0.6 is 0 Å². The highest BCUT2D eigenvalue weighted by Gasteiger charge is 2.07. The van der Waals surface area contributed by atoms with E-state index in [4.69, 9.17) is 4.74 Å². The van der Waals surface area contributed by atoms with Crippen LogP contribution in [0.2, 0.25) is 0 Å². The molecule has 1 N–H and O–H groups in total. The van der Waals surface area contributed by atoms with Gasteiger partial charge in [0.05, 0.1) is 12.8 Å². The number of ether oxygens (including phenoxy) is 1. The monoisotopic (exact) mass is 191 g/mol. The summed E-state index contributed by atoms with van der Waals surface area (Å²) in [6.07, 6.45) is 0. The van der Waals surface area contributed by atoms with Crippen molar-refractivity contribution >= 4 is 11.3 Å². The highest BCUT2D eigenvalue weighted by atomic mass is 16.5. The van der Waals surface area contributed by atoms with E-state index < -0.39 is 0 Å². The number of nitrogens with one attached hydrogen (secondary N) is 1. The Morgan fingerprint density at radius 2 is 2.21 bits per heavy atom. The van der Waals surface area contributed by atoms with Gasteiger partial charge in [0.1, 0.15) is 5.75 Å². The first kappa shape index (κ1) is 10.6. The van der Waals surface area contributed by atoms with Gasteiger partial charge in [-0.3, -0.25) is 0 Å². The third-order valence-electron chi connectivity index (χ3n) is 2.05. The molecule has 76 valence electrons. The van der Waals surface area contributed by atoms with Gasteiger partial charge in [-0.05, 0) is 25.5 Å². The molecule has 0 aliphatic carbocycles. The quantitative estimate of drug-likeness (QED) is 0.789. The molecule has 0 fully saturated rings. The molecule has 2 heteroatoms. The lowest BCUT2D eigenvalue weighted by atomic mass is 10.1. The van der Waals surface area contributed by atoms with Crippen LogP contribution in [0.4, 0.5) is 5.69 Å². The summed E-state index contributed by atoms with van der Waals surface area (Å²) in [5, 5.41) is 3.26. The van der Waals surface area contributed by atoms with Crippen molar-refractivity contribution in [3.8, 4) is 5.75 Å². The molecule has 1 aromatic rings. The fourth-order valence-corrected chi connectivity index (χ4v) is 1.42. The molecule has 0 aliphatic heterocycles. The minimum Gasteiger partial charge on any atom is -0.494 e. The molecule has 0 saturated carbocycles. The summed E-state index contributed by atoms with van der Waals surface area (Å²) in [6, 6.07) is 6.03. The van der Waals surface area contributed by atoms with E-state index in [9.17, 15) is 0 Å². The van der Waals surface area contributed by atoms with Crippen molar-refractivity contribution in [2.45, 2.75) is 13.8 Å². The van der Waals surface area contributed by atoms with Gasteiger partial charge in [0.25, 0.3) is 0 Å². The smallest absolute Gasteiger partial charge is 0.149 e. The van der Waals surface area contributed by atoms with Gasteiger partial charge in [0.15, 0.2) is 0 Å². The lowest BCUT2D eigenvalue weighted by Crippen LogP contribution is -2.01. The number of methoxy groups -OCH3 is 1. The molecule has 0 aromatic heterocycles. The zero-order valence-electron chi connectivity index (χ0n) is 9.05. The highest BCUT2D eigenvalue weighted by Crippen LogP contribution is 2.32. The normalized spacial score (nSPS) is 9.64. The third-order valence-corrected chi connectivity index (χ3v) is 2.05. The van der Waals surface area contributed by atoms with Gasteiger partial charge in [0, 0.05) is 12.1 Å². The summed E-state index contributed by atoms with van der Waals surface area (Å²) < 4.78 is 5.37. The number of anilines is 1. The summed E-state index contributed by atoms with van der Waals surface area (Å²) >= 11 is 0. The van der Waals surface area contributed by atoms with Crippen LogP contribution in [0.15, 0.2) is 24.8 Å². The van der Waals surface area contributed by atoms with Crippen LogP contribution in [0.3, 0.4) is 0 Å². The number of hydrogen-bond acceptors (Lipinski definition) is 2. The third kappa shape index (κ3) is 2.08. The second kappa shape index (κ2) is 4.70. The summed E-state index contributed by atoms with van der Waals surface area (Å²) in [4.78, 5) is 0. The van der Waals surface area contributed by atoms with Crippen molar-refractivity contribution in [3.63, 3.8) is 0 Å². The molecule has 0 amide bonds. The summed E-state index contributed by atoms with van der Waals surface area (Å²) in [5.74, 6) is 0.877. The van der Waals surface area contributed by atoms with E-state index >= 15 is 0 Å². The molecular formula is C12H17NO. The van der Waals surface area contributed by atoms with E-state index in [1.54, 1.807) is 7.11 Å². The molecule has 1 aromatic carbocycles. The Bertz CT molecular complexity index is 331. The van der Waals surface area contributed by atoms with Gasteiger partial charge in [-0.15, -0.1) is 0 Å². The maximum atomic E-state index is 5.37. The van der Waals surface area contributed by atoms with Crippen LogP contribution in [0.5, 0.6) is 5.75 Å². The Kier molecular flexibility index (Phi) is 3.57. The summed E-state index contributed by atoms with van der Waals surface area (Å²) in [7, 11) is 1.68. The average molecular weight is 191 g/mol. The zero-order chi connectivity index (χ0) is 10.6. The maximum Gasteiger partial charge on any atom is 0.149 e. The van der Waals surface area contributed by atoms with E-state index in [2.05, 4.69) is 18.8 Å². The number of benzene rings is 1. The van der Waals surface area contributed by atoms with Crippen molar-refractivity contribution in [2.75, 3.05) is 19.0 Å². The Hall–Kier alpha value is -1.44. The lowest BCUT2D eigenvalue weighted by Gasteiger charge is -2.13. The molecule has 1 rings (SSSR count). The van der Waals surface area contributed by atoms with E-state index in [1.165, 1.54) is 0 Å². The largest absolute Gasteiger partial charge is 0.494 e. The number of allylic oxidation sites excluding steroid dienone is 1. The topological polar surface area (TPSA) is 21.3 Å². The highest BCUT2D eigenvalue weighted by molar-refractivity contribution is 5.74. The number of rotatable bonds is 4. The predicted molar refractivity (Wildman–Crippen MR) is 61.9 cm³/mol. The molecule has 14 heavy (non-hydrogen) atoms. The first-order chi connectivity index (χ1) is 6.70. The molecular weight excluding hydrogens is 174 g/mol. The van der Waals surface area contributed by atoms with Gasteiger partial charge >= 0.3 is 0 Å². The van der Waals surface area contributed by atoms with Crippen molar-refractivity contribution in [1.29, 1.82) is 0 Å². The molecule has 0 radical (unpaired) electrons.